The van der Waals surface area contributed by atoms with Gasteiger partial charge in [-0.25, -0.2) is 0 Å². The number of hydrogen-bond donors (Lipinski definition) is 1. The molecule has 1 aromatic heterocycles. The van der Waals surface area contributed by atoms with Crippen LogP contribution in [0.3, 0.4) is 0 Å². The Morgan fingerprint density at radius 2 is 2.00 bits per heavy atom. The van der Waals surface area contributed by atoms with Crippen molar-refractivity contribution in [3.8, 4) is 0 Å². The van der Waals surface area contributed by atoms with Crippen molar-refractivity contribution in [2.75, 3.05) is 0 Å². The van der Waals surface area contributed by atoms with Gasteiger partial charge < -0.3 is 5.32 Å². The molecule has 0 atom stereocenters. The molecule has 98 valence electrons. The van der Waals surface area contributed by atoms with Crippen LogP contribution in [-0.4, -0.2) is 10.9 Å². The van der Waals surface area contributed by atoms with Gasteiger partial charge in [-0.3, -0.25) is 9.78 Å². The standard InChI is InChI=1S/C16H18N2O/c19-16(13-5-1-2-6-13)18-11-14-8-3-7-12-9-4-10-17-15(12)14/h3-4,7-10,13H,1-2,5-6,11H2,(H,18,19). The van der Waals surface area contributed by atoms with Crippen LogP contribution >= 0.6 is 0 Å². The van der Waals surface area contributed by atoms with E-state index in [-0.39, 0.29) is 11.8 Å². The van der Waals surface area contributed by atoms with Gasteiger partial charge in [0.2, 0.25) is 5.91 Å². The number of carbonyl (C=O) groups excluding carboxylic acids is 1. The first kappa shape index (κ1) is 12.2. The molecule has 1 aliphatic carbocycles. The van der Waals surface area contributed by atoms with Crippen LogP contribution in [0.5, 0.6) is 0 Å². The van der Waals surface area contributed by atoms with Crippen LogP contribution in [-0.2, 0) is 11.3 Å². The molecule has 0 aliphatic heterocycles. The summed E-state index contributed by atoms with van der Waals surface area (Å²) in [6, 6.07) is 10.1. The molecule has 0 unspecified atom stereocenters. The van der Waals surface area contributed by atoms with Crippen LogP contribution < -0.4 is 5.32 Å². The summed E-state index contributed by atoms with van der Waals surface area (Å²) in [4.78, 5) is 16.4. The second kappa shape index (κ2) is 5.39. The lowest BCUT2D eigenvalue weighted by Gasteiger charge is -2.11. The Balaban J connectivity index is 1.73. The zero-order chi connectivity index (χ0) is 13.1. The van der Waals surface area contributed by atoms with E-state index in [1.807, 2.05) is 30.3 Å². The van der Waals surface area contributed by atoms with Gasteiger partial charge in [-0.2, -0.15) is 0 Å². The first-order valence-corrected chi connectivity index (χ1v) is 6.95. The minimum atomic E-state index is 0.199. The van der Waals surface area contributed by atoms with Crippen molar-refractivity contribution in [3.05, 3.63) is 42.1 Å². The lowest BCUT2D eigenvalue weighted by molar-refractivity contribution is -0.124. The van der Waals surface area contributed by atoms with Crippen LogP contribution in [0.25, 0.3) is 10.9 Å². The molecule has 1 heterocycles. The highest BCUT2D eigenvalue weighted by molar-refractivity contribution is 5.83. The van der Waals surface area contributed by atoms with E-state index in [4.69, 9.17) is 0 Å². The summed E-state index contributed by atoms with van der Waals surface area (Å²) in [6.07, 6.45) is 6.26. The van der Waals surface area contributed by atoms with Crippen LogP contribution in [0, 0.1) is 5.92 Å². The number of rotatable bonds is 3. The molecule has 1 amide bonds. The predicted octanol–water partition coefficient (Wildman–Crippen LogP) is 3.04. The zero-order valence-corrected chi connectivity index (χ0v) is 10.9. The third kappa shape index (κ3) is 2.60. The van der Waals surface area contributed by atoms with E-state index in [1.54, 1.807) is 6.20 Å². The highest BCUT2D eigenvalue weighted by atomic mass is 16.1. The van der Waals surface area contributed by atoms with Gasteiger partial charge in [-0.1, -0.05) is 37.1 Å². The molecule has 1 N–H and O–H groups in total. The van der Waals surface area contributed by atoms with Crippen molar-refractivity contribution in [2.24, 2.45) is 5.92 Å². The number of aromatic nitrogens is 1. The van der Waals surface area contributed by atoms with Gasteiger partial charge in [-0.05, 0) is 24.5 Å². The second-order valence-corrected chi connectivity index (χ2v) is 5.19. The second-order valence-electron chi connectivity index (χ2n) is 5.19. The largest absolute Gasteiger partial charge is 0.352 e. The average molecular weight is 254 g/mol. The van der Waals surface area contributed by atoms with Gasteiger partial charge in [0.05, 0.1) is 5.52 Å². The Kier molecular flexibility index (Phi) is 3.45. The SMILES string of the molecule is O=C(NCc1cccc2cccnc12)C1CCCC1. The van der Waals surface area contributed by atoms with Gasteiger partial charge in [0.25, 0.3) is 0 Å². The number of amides is 1. The summed E-state index contributed by atoms with van der Waals surface area (Å²) >= 11 is 0. The maximum Gasteiger partial charge on any atom is 0.223 e. The van der Waals surface area contributed by atoms with Crippen molar-refractivity contribution >= 4 is 16.8 Å². The summed E-state index contributed by atoms with van der Waals surface area (Å²) in [5.74, 6) is 0.424. The Labute approximate surface area is 113 Å². The van der Waals surface area contributed by atoms with E-state index in [1.165, 1.54) is 12.8 Å². The Bertz CT molecular complexity index is 583. The Morgan fingerprint density at radius 1 is 1.21 bits per heavy atom. The molecule has 0 bridgehead atoms. The van der Waals surface area contributed by atoms with Gasteiger partial charge in [-0.15, -0.1) is 0 Å². The highest BCUT2D eigenvalue weighted by Crippen LogP contribution is 2.25. The van der Waals surface area contributed by atoms with Gasteiger partial charge in [0, 0.05) is 24.0 Å². The van der Waals surface area contributed by atoms with Gasteiger partial charge >= 0.3 is 0 Å². The number of para-hydroxylation sites is 1. The molecule has 19 heavy (non-hydrogen) atoms. The monoisotopic (exact) mass is 254 g/mol. The quantitative estimate of drug-likeness (QED) is 0.914. The number of pyridine rings is 1. The first-order valence-electron chi connectivity index (χ1n) is 6.95. The van der Waals surface area contributed by atoms with Crippen LogP contribution in [0.2, 0.25) is 0 Å². The maximum absolute atomic E-state index is 12.0. The Morgan fingerprint density at radius 3 is 2.84 bits per heavy atom. The molecule has 0 spiro atoms. The number of benzene rings is 1. The van der Waals surface area contributed by atoms with E-state index < -0.39 is 0 Å². The summed E-state index contributed by atoms with van der Waals surface area (Å²) in [5.41, 5.74) is 2.07. The van der Waals surface area contributed by atoms with E-state index in [0.717, 1.165) is 29.3 Å². The molecule has 0 saturated heterocycles. The van der Waals surface area contributed by atoms with Gasteiger partial charge in [0.1, 0.15) is 0 Å². The molecular weight excluding hydrogens is 236 g/mol. The fourth-order valence-corrected chi connectivity index (χ4v) is 2.82. The van der Waals surface area contributed by atoms with Crippen molar-refractivity contribution in [1.29, 1.82) is 0 Å². The summed E-state index contributed by atoms with van der Waals surface area (Å²) < 4.78 is 0. The summed E-state index contributed by atoms with van der Waals surface area (Å²) in [7, 11) is 0. The number of nitrogens with zero attached hydrogens (tertiary/aromatic N) is 1. The van der Waals surface area contributed by atoms with Crippen LogP contribution in [0.15, 0.2) is 36.5 Å². The minimum absolute atomic E-state index is 0.199. The number of fused-ring (bicyclic) bond motifs is 1. The maximum atomic E-state index is 12.0. The average Bonchev–Trinajstić information content (AvgIpc) is 2.99. The van der Waals surface area contributed by atoms with Crippen molar-refractivity contribution in [2.45, 2.75) is 32.2 Å². The molecule has 1 aliphatic rings. The van der Waals surface area contributed by atoms with Crippen molar-refractivity contribution < 1.29 is 4.79 Å². The molecule has 1 fully saturated rings. The Hall–Kier alpha value is -1.90. The molecule has 1 saturated carbocycles. The number of hydrogen-bond acceptors (Lipinski definition) is 2. The number of carbonyl (C=O) groups is 1. The fraction of sp³-hybridized carbons (Fsp3) is 0.375. The highest BCUT2D eigenvalue weighted by Gasteiger charge is 2.22. The zero-order valence-electron chi connectivity index (χ0n) is 10.9. The lowest BCUT2D eigenvalue weighted by Crippen LogP contribution is -2.28. The molecule has 3 rings (SSSR count). The van der Waals surface area contributed by atoms with Crippen molar-refractivity contribution in [3.63, 3.8) is 0 Å². The van der Waals surface area contributed by atoms with E-state index in [0.29, 0.717) is 6.54 Å². The fourth-order valence-electron chi connectivity index (χ4n) is 2.82. The molecule has 1 aromatic carbocycles. The van der Waals surface area contributed by atoms with Crippen molar-refractivity contribution in [1.82, 2.24) is 10.3 Å². The van der Waals surface area contributed by atoms with E-state index in [2.05, 4.69) is 10.3 Å². The topological polar surface area (TPSA) is 42.0 Å². The molecule has 3 heteroatoms. The van der Waals surface area contributed by atoms with Gasteiger partial charge in [0.15, 0.2) is 0 Å². The predicted molar refractivity (Wildman–Crippen MR) is 75.5 cm³/mol. The third-order valence-corrected chi connectivity index (χ3v) is 3.90. The van der Waals surface area contributed by atoms with E-state index >= 15 is 0 Å². The minimum Gasteiger partial charge on any atom is -0.352 e. The molecule has 0 radical (unpaired) electrons. The first-order chi connectivity index (χ1) is 9.34. The summed E-state index contributed by atoms with van der Waals surface area (Å²) in [6.45, 7) is 0.573. The third-order valence-electron chi connectivity index (χ3n) is 3.90. The van der Waals surface area contributed by atoms with E-state index in [9.17, 15) is 4.79 Å². The molecule has 2 aromatic rings. The van der Waals surface area contributed by atoms with Crippen LogP contribution in [0.1, 0.15) is 31.2 Å². The normalized spacial score (nSPS) is 15.8. The summed E-state index contributed by atoms with van der Waals surface area (Å²) in [5, 5.41) is 4.17. The van der Waals surface area contributed by atoms with Crippen LogP contribution in [0.4, 0.5) is 0 Å². The molecular formula is C16H18N2O. The smallest absolute Gasteiger partial charge is 0.223 e. The number of nitrogens with one attached hydrogen (secondary N) is 1. The molecule has 3 nitrogen and oxygen atoms in total. The lowest BCUT2D eigenvalue weighted by atomic mass is 10.1.